The predicted molar refractivity (Wildman–Crippen MR) is 65.2 cm³/mol. The van der Waals surface area contributed by atoms with Gasteiger partial charge < -0.3 is 9.67 Å². The van der Waals surface area contributed by atoms with Gasteiger partial charge in [-0.25, -0.2) is 13.1 Å². The molecular weight excluding hydrogens is 240 g/mol. The number of aliphatic hydroxyl groups excluding tert-OH is 1. The minimum absolute atomic E-state index is 0.0702. The zero-order valence-electron chi connectivity index (χ0n) is 9.89. The zero-order chi connectivity index (χ0) is 12.5. The van der Waals surface area contributed by atoms with Crippen molar-refractivity contribution < 1.29 is 13.5 Å². The monoisotopic (exact) mass is 258 g/mol. The SMILES string of the molecule is CNS(=O)(=O)CCn1ccc2c1CCCC2O. The van der Waals surface area contributed by atoms with Gasteiger partial charge >= 0.3 is 0 Å². The van der Waals surface area contributed by atoms with Crippen molar-refractivity contribution in [3.05, 3.63) is 23.5 Å². The quantitative estimate of drug-likeness (QED) is 0.821. The van der Waals surface area contributed by atoms with Gasteiger partial charge in [0.05, 0.1) is 11.9 Å². The van der Waals surface area contributed by atoms with E-state index in [1.807, 2.05) is 16.8 Å². The maximum Gasteiger partial charge on any atom is 0.213 e. The van der Waals surface area contributed by atoms with E-state index in [-0.39, 0.29) is 11.9 Å². The Kier molecular flexibility index (Phi) is 3.56. The second-order valence-electron chi connectivity index (χ2n) is 4.34. The van der Waals surface area contributed by atoms with E-state index in [2.05, 4.69) is 4.72 Å². The second-order valence-corrected chi connectivity index (χ2v) is 6.39. The number of hydrogen-bond acceptors (Lipinski definition) is 3. The number of sulfonamides is 1. The van der Waals surface area contributed by atoms with Crippen molar-refractivity contribution in [2.75, 3.05) is 12.8 Å². The minimum atomic E-state index is -3.17. The average molecular weight is 258 g/mol. The van der Waals surface area contributed by atoms with Crippen molar-refractivity contribution in [3.8, 4) is 0 Å². The third-order valence-corrected chi connectivity index (χ3v) is 4.62. The number of aromatic nitrogens is 1. The lowest BCUT2D eigenvalue weighted by Gasteiger charge is -2.20. The van der Waals surface area contributed by atoms with Crippen LogP contribution in [-0.4, -0.2) is 30.9 Å². The summed E-state index contributed by atoms with van der Waals surface area (Å²) in [4.78, 5) is 0. The standard InChI is InChI=1S/C11H18N2O3S/c1-12-17(15,16)8-7-13-6-5-9-10(13)3-2-4-11(9)14/h5-6,11-12,14H,2-4,7-8H2,1H3. The molecule has 96 valence electrons. The molecule has 1 aliphatic rings. The van der Waals surface area contributed by atoms with E-state index < -0.39 is 10.0 Å². The Balaban J connectivity index is 2.13. The molecule has 2 rings (SSSR count). The molecule has 1 aromatic heterocycles. The molecule has 0 amide bonds. The van der Waals surface area contributed by atoms with Gasteiger partial charge in [0, 0.05) is 24.0 Å². The molecule has 1 unspecified atom stereocenters. The van der Waals surface area contributed by atoms with Gasteiger partial charge in [-0.05, 0) is 32.4 Å². The molecule has 0 saturated carbocycles. The maximum atomic E-state index is 11.4. The fraction of sp³-hybridized carbons (Fsp3) is 0.636. The lowest BCUT2D eigenvalue weighted by molar-refractivity contribution is 0.155. The number of aryl methyl sites for hydroxylation is 1. The van der Waals surface area contributed by atoms with Crippen LogP contribution < -0.4 is 4.72 Å². The van der Waals surface area contributed by atoms with Gasteiger partial charge in [-0.15, -0.1) is 0 Å². The number of nitrogens with zero attached hydrogens (tertiary/aromatic N) is 1. The van der Waals surface area contributed by atoms with Crippen LogP contribution in [0.5, 0.6) is 0 Å². The molecule has 6 heteroatoms. The number of nitrogens with one attached hydrogen (secondary N) is 1. The Morgan fingerprint density at radius 3 is 3.06 bits per heavy atom. The Morgan fingerprint density at radius 1 is 1.59 bits per heavy atom. The first-order chi connectivity index (χ1) is 8.03. The van der Waals surface area contributed by atoms with Crippen LogP contribution in [0.4, 0.5) is 0 Å². The molecule has 0 saturated heterocycles. The molecule has 0 aromatic carbocycles. The van der Waals surface area contributed by atoms with Gasteiger partial charge in [-0.3, -0.25) is 0 Å². The van der Waals surface area contributed by atoms with Crippen molar-refractivity contribution in [3.63, 3.8) is 0 Å². The van der Waals surface area contributed by atoms with Crippen molar-refractivity contribution in [1.29, 1.82) is 0 Å². The van der Waals surface area contributed by atoms with Gasteiger partial charge in [0.25, 0.3) is 0 Å². The molecule has 2 N–H and O–H groups in total. The molecular formula is C11H18N2O3S. The van der Waals surface area contributed by atoms with E-state index in [4.69, 9.17) is 0 Å². The summed E-state index contributed by atoms with van der Waals surface area (Å²) in [5.74, 6) is 0.0702. The van der Waals surface area contributed by atoms with Crippen LogP contribution in [0.15, 0.2) is 12.3 Å². The van der Waals surface area contributed by atoms with Crippen LogP contribution in [0.25, 0.3) is 0 Å². The molecule has 0 fully saturated rings. The summed E-state index contributed by atoms with van der Waals surface area (Å²) in [6.07, 6.45) is 4.15. The topological polar surface area (TPSA) is 71.3 Å². The third-order valence-electron chi connectivity index (χ3n) is 3.28. The molecule has 0 bridgehead atoms. The molecule has 17 heavy (non-hydrogen) atoms. The summed E-state index contributed by atoms with van der Waals surface area (Å²) in [5.41, 5.74) is 2.04. The lowest BCUT2D eigenvalue weighted by Crippen LogP contribution is -2.25. The first-order valence-corrected chi connectivity index (χ1v) is 7.46. The number of rotatable bonds is 4. The third kappa shape index (κ3) is 2.70. The smallest absolute Gasteiger partial charge is 0.213 e. The summed E-state index contributed by atoms with van der Waals surface area (Å²) in [6.45, 7) is 0.436. The Labute approximate surface area is 102 Å². The highest BCUT2D eigenvalue weighted by Crippen LogP contribution is 2.30. The van der Waals surface area contributed by atoms with Crippen LogP contribution in [0.2, 0.25) is 0 Å². The van der Waals surface area contributed by atoms with E-state index in [9.17, 15) is 13.5 Å². The van der Waals surface area contributed by atoms with Gasteiger partial charge in [0.2, 0.25) is 10.0 Å². The van der Waals surface area contributed by atoms with E-state index >= 15 is 0 Å². The van der Waals surface area contributed by atoms with Gasteiger partial charge in [-0.2, -0.15) is 0 Å². The van der Waals surface area contributed by atoms with Crippen molar-refractivity contribution in [2.24, 2.45) is 0 Å². The highest BCUT2D eigenvalue weighted by Gasteiger charge is 2.21. The molecule has 0 aliphatic heterocycles. The summed E-state index contributed by atoms with van der Waals surface area (Å²) in [7, 11) is -1.75. The molecule has 1 aliphatic carbocycles. The molecule has 1 heterocycles. The molecule has 1 aromatic rings. The van der Waals surface area contributed by atoms with Crippen LogP contribution in [0.1, 0.15) is 30.2 Å². The van der Waals surface area contributed by atoms with E-state index in [1.165, 1.54) is 7.05 Å². The predicted octanol–water partition coefficient (Wildman–Crippen LogP) is 0.407. The summed E-state index contributed by atoms with van der Waals surface area (Å²) in [6, 6.07) is 1.89. The molecule has 0 radical (unpaired) electrons. The van der Waals surface area contributed by atoms with Crippen molar-refractivity contribution >= 4 is 10.0 Å². The summed E-state index contributed by atoms with van der Waals surface area (Å²) < 4.78 is 26.9. The summed E-state index contributed by atoms with van der Waals surface area (Å²) in [5, 5.41) is 9.81. The van der Waals surface area contributed by atoms with Crippen LogP contribution in [0.3, 0.4) is 0 Å². The highest BCUT2D eigenvalue weighted by molar-refractivity contribution is 7.89. The van der Waals surface area contributed by atoms with Gasteiger partial charge in [0.1, 0.15) is 0 Å². The highest BCUT2D eigenvalue weighted by atomic mass is 32.2. The molecule has 5 nitrogen and oxygen atoms in total. The van der Waals surface area contributed by atoms with E-state index in [0.717, 1.165) is 30.5 Å². The largest absolute Gasteiger partial charge is 0.388 e. The fourth-order valence-electron chi connectivity index (χ4n) is 2.26. The average Bonchev–Trinajstić information content (AvgIpc) is 2.71. The Morgan fingerprint density at radius 2 is 2.35 bits per heavy atom. The van der Waals surface area contributed by atoms with Crippen LogP contribution >= 0.6 is 0 Å². The number of hydrogen-bond donors (Lipinski definition) is 2. The normalized spacial score (nSPS) is 20.2. The first-order valence-electron chi connectivity index (χ1n) is 5.80. The second kappa shape index (κ2) is 4.80. The van der Waals surface area contributed by atoms with E-state index in [0.29, 0.717) is 6.54 Å². The number of aliphatic hydroxyl groups is 1. The first kappa shape index (κ1) is 12.6. The van der Waals surface area contributed by atoms with Crippen molar-refractivity contribution in [1.82, 2.24) is 9.29 Å². The van der Waals surface area contributed by atoms with E-state index in [1.54, 1.807) is 0 Å². The lowest BCUT2D eigenvalue weighted by atomic mass is 9.95. The number of fused-ring (bicyclic) bond motifs is 1. The van der Waals surface area contributed by atoms with Gasteiger partial charge in [0.15, 0.2) is 0 Å². The van der Waals surface area contributed by atoms with Crippen LogP contribution in [0, 0.1) is 0 Å². The zero-order valence-corrected chi connectivity index (χ0v) is 10.7. The molecule has 1 atom stereocenters. The van der Waals surface area contributed by atoms with Crippen LogP contribution in [-0.2, 0) is 23.0 Å². The Bertz CT molecular complexity index is 493. The minimum Gasteiger partial charge on any atom is -0.388 e. The Hall–Kier alpha value is -0.850. The summed E-state index contributed by atoms with van der Waals surface area (Å²) >= 11 is 0. The maximum absolute atomic E-state index is 11.4. The fourth-order valence-corrected chi connectivity index (χ4v) is 2.90. The van der Waals surface area contributed by atoms with Crippen molar-refractivity contribution in [2.45, 2.75) is 31.9 Å². The van der Waals surface area contributed by atoms with Gasteiger partial charge in [-0.1, -0.05) is 0 Å². The molecule has 0 spiro atoms.